The highest BCUT2D eigenvalue weighted by molar-refractivity contribution is 5.76. The van der Waals surface area contributed by atoms with Crippen molar-refractivity contribution in [1.82, 2.24) is 10.2 Å². The monoisotopic (exact) mass is 314 g/mol. The Hall–Kier alpha value is -1.61. The number of hydrogen-bond acceptors (Lipinski definition) is 2. The van der Waals surface area contributed by atoms with Crippen molar-refractivity contribution < 1.29 is 4.79 Å². The van der Waals surface area contributed by atoms with E-state index in [2.05, 4.69) is 56.4 Å². The Morgan fingerprint density at radius 2 is 1.91 bits per heavy atom. The molecular weight excluding hydrogens is 284 g/mol. The van der Waals surface area contributed by atoms with Gasteiger partial charge in [0.05, 0.1) is 0 Å². The average molecular weight is 314 g/mol. The Morgan fingerprint density at radius 1 is 1.26 bits per heavy atom. The Bertz CT molecular complexity index is 514. The second kappa shape index (κ2) is 8.88. The van der Waals surface area contributed by atoms with Gasteiger partial charge in [0.2, 0.25) is 5.91 Å². The van der Waals surface area contributed by atoms with Gasteiger partial charge in [-0.25, -0.2) is 0 Å². The topological polar surface area (TPSA) is 32.3 Å². The molecule has 3 heteroatoms. The maximum absolute atomic E-state index is 12.1. The van der Waals surface area contributed by atoms with E-state index in [0.29, 0.717) is 24.3 Å². The summed E-state index contributed by atoms with van der Waals surface area (Å²) < 4.78 is 0. The van der Waals surface area contributed by atoms with Crippen molar-refractivity contribution in [3.05, 3.63) is 41.5 Å². The number of carbonyl (C=O) groups excluding carboxylic acids is 1. The van der Waals surface area contributed by atoms with Gasteiger partial charge in [-0.1, -0.05) is 55.8 Å². The summed E-state index contributed by atoms with van der Waals surface area (Å²) in [5, 5.41) is 3.64. The molecule has 0 saturated carbocycles. The Balaban J connectivity index is 1.72. The number of amides is 1. The summed E-state index contributed by atoms with van der Waals surface area (Å²) in [6, 6.07) is 11.0. The number of piperidine rings is 1. The van der Waals surface area contributed by atoms with Crippen LogP contribution >= 0.6 is 0 Å². The lowest BCUT2D eigenvalue weighted by molar-refractivity contribution is -0.133. The number of likely N-dealkylation sites (tertiary alicyclic amines) is 1. The van der Waals surface area contributed by atoms with Gasteiger partial charge in [-0.15, -0.1) is 0 Å². The van der Waals surface area contributed by atoms with Gasteiger partial charge in [-0.2, -0.15) is 0 Å². The third-order valence-corrected chi connectivity index (χ3v) is 4.31. The Labute approximate surface area is 140 Å². The Kier molecular flexibility index (Phi) is 6.85. The highest BCUT2D eigenvalue weighted by Crippen LogP contribution is 2.14. The van der Waals surface area contributed by atoms with Crippen LogP contribution in [0.25, 0.3) is 6.08 Å². The highest BCUT2D eigenvalue weighted by atomic mass is 16.2. The molecule has 0 atom stereocenters. The molecule has 2 rings (SSSR count). The van der Waals surface area contributed by atoms with Crippen LogP contribution in [0.4, 0.5) is 0 Å². The van der Waals surface area contributed by atoms with Gasteiger partial charge in [-0.3, -0.25) is 4.79 Å². The molecule has 126 valence electrons. The molecule has 1 saturated heterocycles. The first-order valence-electron chi connectivity index (χ1n) is 8.78. The minimum Gasteiger partial charge on any atom is -0.343 e. The molecule has 1 aliphatic heterocycles. The summed E-state index contributed by atoms with van der Waals surface area (Å²) >= 11 is 0. The van der Waals surface area contributed by atoms with Gasteiger partial charge < -0.3 is 10.2 Å². The first kappa shape index (κ1) is 17.7. The van der Waals surface area contributed by atoms with Crippen LogP contribution in [0.15, 0.2) is 35.9 Å². The quantitative estimate of drug-likeness (QED) is 0.868. The minimum atomic E-state index is 0.318. The molecule has 0 radical (unpaired) electrons. The van der Waals surface area contributed by atoms with Gasteiger partial charge in [-0.05, 0) is 31.2 Å². The van der Waals surface area contributed by atoms with Gasteiger partial charge in [0.25, 0.3) is 0 Å². The summed E-state index contributed by atoms with van der Waals surface area (Å²) in [4.78, 5) is 14.1. The van der Waals surface area contributed by atoms with Crippen LogP contribution in [0.3, 0.4) is 0 Å². The zero-order valence-corrected chi connectivity index (χ0v) is 14.7. The number of nitrogens with zero attached hydrogens (tertiary/aromatic N) is 1. The van der Waals surface area contributed by atoms with E-state index in [4.69, 9.17) is 0 Å². The largest absolute Gasteiger partial charge is 0.343 e. The fraction of sp³-hybridized carbons (Fsp3) is 0.550. The molecule has 1 aromatic carbocycles. The molecule has 0 unspecified atom stereocenters. The van der Waals surface area contributed by atoms with Gasteiger partial charge >= 0.3 is 0 Å². The van der Waals surface area contributed by atoms with E-state index in [-0.39, 0.29) is 0 Å². The molecule has 23 heavy (non-hydrogen) atoms. The molecule has 1 fully saturated rings. The molecule has 1 aliphatic rings. The van der Waals surface area contributed by atoms with Crippen LogP contribution in [0.2, 0.25) is 0 Å². The molecule has 1 N–H and O–H groups in total. The SMILES string of the molecule is C/C(=C\c1ccccc1)CNC1CCN(C(=O)CC(C)C)CC1. The molecule has 0 aliphatic carbocycles. The average Bonchev–Trinajstić information content (AvgIpc) is 2.54. The molecule has 0 spiro atoms. The molecule has 0 bridgehead atoms. The fourth-order valence-corrected chi connectivity index (χ4v) is 3.00. The molecule has 3 nitrogen and oxygen atoms in total. The van der Waals surface area contributed by atoms with Crippen molar-refractivity contribution in [3.8, 4) is 0 Å². The van der Waals surface area contributed by atoms with E-state index in [9.17, 15) is 4.79 Å². The first-order chi connectivity index (χ1) is 11.0. The summed E-state index contributed by atoms with van der Waals surface area (Å²) in [5.74, 6) is 0.766. The van der Waals surface area contributed by atoms with Crippen molar-refractivity contribution in [2.75, 3.05) is 19.6 Å². The molecule has 1 amide bonds. The third-order valence-electron chi connectivity index (χ3n) is 4.31. The molecule has 1 heterocycles. The molecular formula is C20H30N2O. The lowest BCUT2D eigenvalue weighted by atomic mass is 10.0. The number of benzene rings is 1. The maximum Gasteiger partial charge on any atom is 0.222 e. The lowest BCUT2D eigenvalue weighted by Gasteiger charge is -2.33. The number of nitrogens with one attached hydrogen (secondary N) is 1. The van der Waals surface area contributed by atoms with Crippen LogP contribution in [0.5, 0.6) is 0 Å². The highest BCUT2D eigenvalue weighted by Gasteiger charge is 2.22. The van der Waals surface area contributed by atoms with Crippen LogP contribution in [-0.2, 0) is 4.79 Å². The zero-order chi connectivity index (χ0) is 16.7. The normalized spacial score (nSPS) is 16.9. The van der Waals surface area contributed by atoms with Crippen LogP contribution in [0.1, 0.15) is 45.6 Å². The molecule has 1 aromatic rings. The minimum absolute atomic E-state index is 0.318. The summed E-state index contributed by atoms with van der Waals surface area (Å²) in [6.45, 7) is 9.08. The second-order valence-electron chi connectivity index (χ2n) is 7.04. The smallest absolute Gasteiger partial charge is 0.222 e. The van der Waals surface area contributed by atoms with E-state index in [1.54, 1.807) is 0 Å². The fourth-order valence-electron chi connectivity index (χ4n) is 3.00. The second-order valence-corrected chi connectivity index (χ2v) is 7.04. The van der Waals surface area contributed by atoms with Crippen molar-refractivity contribution in [2.45, 2.75) is 46.1 Å². The van der Waals surface area contributed by atoms with Gasteiger partial charge in [0.15, 0.2) is 0 Å². The first-order valence-corrected chi connectivity index (χ1v) is 8.78. The number of rotatable bonds is 6. The van der Waals surface area contributed by atoms with Crippen molar-refractivity contribution in [2.24, 2.45) is 5.92 Å². The summed E-state index contributed by atoms with van der Waals surface area (Å²) in [6.07, 6.45) is 5.02. The van der Waals surface area contributed by atoms with Crippen molar-refractivity contribution >= 4 is 12.0 Å². The van der Waals surface area contributed by atoms with Gasteiger partial charge in [0, 0.05) is 32.1 Å². The predicted molar refractivity (Wildman–Crippen MR) is 97.2 cm³/mol. The summed E-state index contributed by atoms with van der Waals surface area (Å²) in [5.41, 5.74) is 2.59. The van der Waals surface area contributed by atoms with E-state index < -0.39 is 0 Å². The summed E-state index contributed by atoms with van der Waals surface area (Å²) in [7, 11) is 0. The van der Waals surface area contributed by atoms with Crippen molar-refractivity contribution in [3.63, 3.8) is 0 Å². The van der Waals surface area contributed by atoms with Crippen molar-refractivity contribution in [1.29, 1.82) is 0 Å². The lowest BCUT2D eigenvalue weighted by Crippen LogP contribution is -2.45. The van der Waals surface area contributed by atoms with E-state index in [1.165, 1.54) is 11.1 Å². The Morgan fingerprint density at radius 3 is 2.52 bits per heavy atom. The van der Waals surface area contributed by atoms with Gasteiger partial charge in [0.1, 0.15) is 0 Å². The van der Waals surface area contributed by atoms with Crippen LogP contribution < -0.4 is 5.32 Å². The van der Waals surface area contributed by atoms with E-state index in [1.807, 2.05) is 11.0 Å². The third kappa shape index (κ3) is 6.19. The zero-order valence-electron chi connectivity index (χ0n) is 14.7. The maximum atomic E-state index is 12.1. The standard InChI is InChI=1S/C20H30N2O/c1-16(2)13-20(23)22-11-9-19(10-12-22)21-15-17(3)14-18-7-5-4-6-8-18/h4-8,14,16,19,21H,9-13,15H2,1-3H3/b17-14+. The number of hydrogen-bond donors (Lipinski definition) is 1. The van der Waals surface area contributed by atoms with Crippen LogP contribution in [-0.4, -0.2) is 36.5 Å². The van der Waals surface area contributed by atoms with Crippen LogP contribution in [0, 0.1) is 5.92 Å². The van der Waals surface area contributed by atoms with E-state index in [0.717, 1.165) is 32.5 Å². The molecule has 0 aromatic heterocycles. The predicted octanol–water partition coefficient (Wildman–Crippen LogP) is 3.72. The van der Waals surface area contributed by atoms with E-state index >= 15 is 0 Å². The number of carbonyl (C=O) groups is 1.